The molecule has 0 aromatic heterocycles. The lowest BCUT2D eigenvalue weighted by Crippen LogP contribution is -2.33. The number of Topliss-reactive ketones (excluding diaryl/α,β-unsaturated/α-hetero) is 1. The fraction of sp³-hybridized carbons (Fsp3) is 0.952. The van der Waals surface area contributed by atoms with Gasteiger partial charge in [0.1, 0.15) is 5.78 Å². The first-order valence-corrected chi connectivity index (χ1v) is 9.90. The maximum absolute atomic E-state index is 12.0. The van der Waals surface area contributed by atoms with Crippen LogP contribution in [-0.2, 0) is 4.79 Å². The van der Waals surface area contributed by atoms with Crippen molar-refractivity contribution in [3.63, 3.8) is 0 Å². The van der Waals surface area contributed by atoms with Crippen molar-refractivity contribution < 1.29 is 4.79 Å². The topological polar surface area (TPSA) is 17.1 Å². The molecule has 2 aliphatic rings. The molecule has 128 valence electrons. The van der Waals surface area contributed by atoms with E-state index in [4.69, 9.17) is 0 Å². The van der Waals surface area contributed by atoms with Crippen LogP contribution in [0.1, 0.15) is 98.3 Å². The second-order valence-corrected chi connectivity index (χ2v) is 9.36. The van der Waals surface area contributed by atoms with Crippen LogP contribution >= 0.6 is 0 Å². The van der Waals surface area contributed by atoms with Crippen molar-refractivity contribution in [3.05, 3.63) is 0 Å². The van der Waals surface area contributed by atoms with E-state index in [1.54, 1.807) is 0 Å². The van der Waals surface area contributed by atoms with Crippen LogP contribution in [0.25, 0.3) is 0 Å². The summed E-state index contributed by atoms with van der Waals surface area (Å²) in [6.07, 6.45) is 14.4. The van der Waals surface area contributed by atoms with E-state index in [-0.39, 0.29) is 0 Å². The predicted octanol–water partition coefficient (Wildman–Crippen LogP) is 6.40. The summed E-state index contributed by atoms with van der Waals surface area (Å²) in [6.45, 7) is 9.04. The van der Waals surface area contributed by atoms with Crippen molar-refractivity contribution in [2.24, 2.45) is 29.1 Å². The highest BCUT2D eigenvalue weighted by Gasteiger charge is 2.38. The second kappa shape index (κ2) is 7.97. The fourth-order valence-corrected chi connectivity index (χ4v) is 5.05. The van der Waals surface area contributed by atoms with Gasteiger partial charge in [0.2, 0.25) is 0 Å². The van der Waals surface area contributed by atoms with E-state index >= 15 is 0 Å². The molecule has 0 heterocycles. The number of ketones is 1. The first kappa shape index (κ1) is 18.0. The van der Waals surface area contributed by atoms with Crippen molar-refractivity contribution in [1.29, 1.82) is 0 Å². The summed E-state index contributed by atoms with van der Waals surface area (Å²) in [5, 5.41) is 0. The van der Waals surface area contributed by atoms with Gasteiger partial charge in [0, 0.05) is 12.8 Å². The number of hydrogen-bond donors (Lipinski definition) is 0. The molecule has 2 aliphatic carbocycles. The largest absolute Gasteiger partial charge is 0.300 e. The fourth-order valence-electron chi connectivity index (χ4n) is 5.05. The van der Waals surface area contributed by atoms with Gasteiger partial charge in [-0.3, -0.25) is 4.79 Å². The van der Waals surface area contributed by atoms with Crippen molar-refractivity contribution in [3.8, 4) is 0 Å². The van der Waals surface area contributed by atoms with Crippen LogP contribution in [0.2, 0.25) is 0 Å². The Kier molecular flexibility index (Phi) is 6.53. The van der Waals surface area contributed by atoms with Crippen LogP contribution in [0.3, 0.4) is 0 Å². The predicted molar refractivity (Wildman–Crippen MR) is 94.9 cm³/mol. The second-order valence-electron chi connectivity index (χ2n) is 9.36. The monoisotopic (exact) mass is 306 g/mol. The van der Waals surface area contributed by atoms with Crippen molar-refractivity contribution >= 4 is 5.78 Å². The molecule has 1 spiro atoms. The standard InChI is InChI=1S/C21H38O/c1-16(2)13-18-5-9-21(10-6-18)11-7-19(8-12-21)15-20(22)14-17(3)4/h16-19H,5-15H2,1-4H3. The minimum atomic E-state index is 0.511. The molecule has 22 heavy (non-hydrogen) atoms. The van der Waals surface area contributed by atoms with Gasteiger partial charge in [-0.15, -0.1) is 0 Å². The Labute approximate surface area is 138 Å². The van der Waals surface area contributed by atoms with Gasteiger partial charge in [-0.05, 0) is 86.9 Å². The van der Waals surface area contributed by atoms with Gasteiger partial charge in [-0.25, -0.2) is 0 Å². The van der Waals surface area contributed by atoms with Gasteiger partial charge in [0.05, 0.1) is 0 Å². The summed E-state index contributed by atoms with van der Waals surface area (Å²) >= 11 is 0. The van der Waals surface area contributed by atoms with Crippen LogP contribution < -0.4 is 0 Å². The average Bonchev–Trinajstić information content (AvgIpc) is 2.43. The molecule has 2 rings (SSSR count). The summed E-state index contributed by atoms with van der Waals surface area (Å²) < 4.78 is 0. The highest BCUT2D eigenvalue weighted by Crippen LogP contribution is 2.51. The quantitative estimate of drug-likeness (QED) is 0.554. The molecule has 0 aromatic rings. The Morgan fingerprint density at radius 1 is 0.864 bits per heavy atom. The maximum Gasteiger partial charge on any atom is 0.133 e. The van der Waals surface area contributed by atoms with E-state index in [0.29, 0.717) is 23.0 Å². The van der Waals surface area contributed by atoms with Crippen LogP contribution in [-0.4, -0.2) is 5.78 Å². The molecular weight excluding hydrogens is 268 g/mol. The molecule has 0 radical (unpaired) electrons. The third-order valence-corrected chi connectivity index (χ3v) is 6.29. The van der Waals surface area contributed by atoms with Gasteiger partial charge < -0.3 is 0 Å². The van der Waals surface area contributed by atoms with Crippen LogP contribution in [0.4, 0.5) is 0 Å². The molecule has 1 nitrogen and oxygen atoms in total. The summed E-state index contributed by atoms with van der Waals surface area (Å²) in [4.78, 5) is 12.0. The molecule has 0 saturated heterocycles. The van der Waals surface area contributed by atoms with Gasteiger partial charge in [0.15, 0.2) is 0 Å². The Morgan fingerprint density at radius 2 is 1.36 bits per heavy atom. The molecule has 2 fully saturated rings. The smallest absolute Gasteiger partial charge is 0.133 e. The van der Waals surface area contributed by atoms with E-state index in [0.717, 1.165) is 24.7 Å². The summed E-state index contributed by atoms with van der Waals surface area (Å²) in [6, 6.07) is 0. The van der Waals surface area contributed by atoms with Crippen molar-refractivity contribution in [1.82, 2.24) is 0 Å². The summed E-state index contributed by atoms with van der Waals surface area (Å²) in [5.41, 5.74) is 0.672. The highest BCUT2D eigenvalue weighted by molar-refractivity contribution is 5.78. The normalized spacial score (nSPS) is 32.8. The van der Waals surface area contributed by atoms with E-state index in [1.807, 2.05) is 0 Å². The lowest BCUT2D eigenvalue weighted by Gasteiger charge is -2.45. The maximum atomic E-state index is 12.0. The lowest BCUT2D eigenvalue weighted by atomic mass is 9.60. The molecule has 0 unspecified atom stereocenters. The van der Waals surface area contributed by atoms with Gasteiger partial charge in [-0.1, -0.05) is 27.7 Å². The van der Waals surface area contributed by atoms with Crippen LogP contribution in [0.5, 0.6) is 0 Å². The van der Waals surface area contributed by atoms with E-state index in [9.17, 15) is 4.79 Å². The number of carbonyl (C=O) groups excluding carboxylic acids is 1. The van der Waals surface area contributed by atoms with E-state index in [2.05, 4.69) is 27.7 Å². The Balaban J connectivity index is 1.72. The van der Waals surface area contributed by atoms with Crippen molar-refractivity contribution in [2.45, 2.75) is 98.3 Å². The zero-order chi connectivity index (χ0) is 16.2. The Hall–Kier alpha value is -0.330. The Morgan fingerprint density at radius 3 is 1.82 bits per heavy atom. The van der Waals surface area contributed by atoms with Crippen molar-refractivity contribution in [2.75, 3.05) is 0 Å². The zero-order valence-corrected chi connectivity index (χ0v) is 15.5. The summed E-state index contributed by atoms with van der Waals surface area (Å²) in [7, 11) is 0. The Bertz CT molecular complexity index is 337. The molecule has 1 heteroatoms. The SMILES string of the molecule is CC(C)CC(=O)CC1CCC2(CC1)CCC(CC(C)C)CC2. The average molecular weight is 307 g/mol. The van der Waals surface area contributed by atoms with E-state index in [1.165, 1.54) is 57.8 Å². The molecule has 0 aromatic carbocycles. The number of rotatable bonds is 6. The van der Waals surface area contributed by atoms with Gasteiger partial charge in [-0.2, -0.15) is 0 Å². The van der Waals surface area contributed by atoms with Gasteiger partial charge >= 0.3 is 0 Å². The number of hydrogen-bond acceptors (Lipinski definition) is 1. The minimum Gasteiger partial charge on any atom is -0.300 e. The molecule has 0 atom stereocenters. The zero-order valence-electron chi connectivity index (χ0n) is 15.5. The molecule has 0 bridgehead atoms. The molecule has 2 saturated carbocycles. The molecule has 0 aliphatic heterocycles. The van der Waals surface area contributed by atoms with Crippen LogP contribution in [0.15, 0.2) is 0 Å². The molecule has 0 N–H and O–H groups in total. The van der Waals surface area contributed by atoms with E-state index < -0.39 is 0 Å². The minimum absolute atomic E-state index is 0.511. The third-order valence-electron chi connectivity index (χ3n) is 6.29. The lowest BCUT2D eigenvalue weighted by molar-refractivity contribution is -0.121. The third kappa shape index (κ3) is 5.39. The molecular formula is C21H38O. The molecule has 0 amide bonds. The first-order valence-electron chi connectivity index (χ1n) is 9.90. The highest BCUT2D eigenvalue weighted by atomic mass is 16.1. The number of carbonyl (C=O) groups is 1. The van der Waals surface area contributed by atoms with Crippen LogP contribution in [0, 0.1) is 29.1 Å². The first-order chi connectivity index (χ1) is 10.4. The summed E-state index contributed by atoms with van der Waals surface area (Å²) in [5.74, 6) is 3.60. The van der Waals surface area contributed by atoms with Gasteiger partial charge in [0.25, 0.3) is 0 Å².